The first-order valence-electron chi connectivity index (χ1n) is 9.06. The third-order valence-electron chi connectivity index (χ3n) is 4.72. The van der Waals surface area contributed by atoms with Crippen LogP contribution in [0.4, 0.5) is 5.69 Å². The summed E-state index contributed by atoms with van der Waals surface area (Å²) in [5, 5.41) is 7.58. The summed E-state index contributed by atoms with van der Waals surface area (Å²) < 4.78 is 1.67. The highest BCUT2D eigenvalue weighted by atomic mass is 79.9. The highest BCUT2D eigenvalue weighted by Gasteiger charge is 2.17. The molecule has 6 nitrogen and oxygen atoms in total. The predicted molar refractivity (Wildman–Crippen MR) is 104 cm³/mol. The van der Waals surface area contributed by atoms with Crippen LogP contribution >= 0.6 is 15.9 Å². The van der Waals surface area contributed by atoms with Gasteiger partial charge in [-0.05, 0) is 52.9 Å². The largest absolute Gasteiger partial charge is 0.380 e. The summed E-state index contributed by atoms with van der Waals surface area (Å²) in [6, 6.07) is 4.17. The molecule has 0 radical (unpaired) electrons. The number of pyridine rings is 1. The topological polar surface area (TPSA) is 76.9 Å². The maximum absolute atomic E-state index is 12.5. The lowest BCUT2D eigenvalue weighted by Gasteiger charge is -2.24. The molecule has 2 heterocycles. The molecule has 0 saturated heterocycles. The molecule has 0 unspecified atom stereocenters. The lowest BCUT2D eigenvalue weighted by atomic mass is 9.95. The van der Waals surface area contributed by atoms with Crippen LogP contribution in [-0.4, -0.2) is 26.6 Å². The van der Waals surface area contributed by atoms with Crippen LogP contribution in [0.1, 0.15) is 44.1 Å². The molecule has 1 fully saturated rings. The van der Waals surface area contributed by atoms with Crippen LogP contribution in [0.5, 0.6) is 0 Å². The number of rotatable bonds is 7. The van der Waals surface area contributed by atoms with Crippen LogP contribution in [0.25, 0.3) is 0 Å². The molecule has 7 heteroatoms. The van der Waals surface area contributed by atoms with Gasteiger partial charge in [0.1, 0.15) is 11.0 Å². The van der Waals surface area contributed by atoms with Crippen LogP contribution in [0.3, 0.4) is 0 Å². The lowest BCUT2D eigenvalue weighted by Crippen LogP contribution is -2.30. The van der Waals surface area contributed by atoms with E-state index >= 15 is 0 Å². The van der Waals surface area contributed by atoms with Crippen molar-refractivity contribution in [2.45, 2.75) is 57.5 Å². The number of carbonyl (C=O) groups is 1. The van der Waals surface area contributed by atoms with E-state index in [1.54, 1.807) is 18.6 Å². The molecular formula is C19H23BrN4O2. The summed E-state index contributed by atoms with van der Waals surface area (Å²) in [4.78, 5) is 28.7. The number of anilines is 1. The van der Waals surface area contributed by atoms with E-state index in [4.69, 9.17) is 0 Å². The van der Waals surface area contributed by atoms with Gasteiger partial charge in [-0.2, -0.15) is 5.10 Å². The zero-order chi connectivity index (χ0) is 18.4. The Morgan fingerprint density at radius 2 is 1.96 bits per heavy atom. The highest BCUT2D eigenvalue weighted by molar-refractivity contribution is 9.10. The minimum Gasteiger partial charge on any atom is -0.380 e. The number of ketones is 1. The Hall–Kier alpha value is -2.02. The molecule has 1 saturated carbocycles. The third-order valence-corrected chi connectivity index (χ3v) is 5.48. The van der Waals surface area contributed by atoms with Crippen molar-refractivity contribution >= 4 is 27.4 Å². The Morgan fingerprint density at radius 3 is 2.69 bits per heavy atom. The Morgan fingerprint density at radius 1 is 1.23 bits per heavy atom. The summed E-state index contributed by atoms with van der Waals surface area (Å²) in [6.45, 7) is -0.00771. The fourth-order valence-electron chi connectivity index (χ4n) is 3.22. The van der Waals surface area contributed by atoms with Crippen LogP contribution in [0, 0.1) is 0 Å². The van der Waals surface area contributed by atoms with Crippen molar-refractivity contribution in [1.82, 2.24) is 14.8 Å². The van der Waals surface area contributed by atoms with Crippen molar-refractivity contribution in [3.63, 3.8) is 0 Å². The van der Waals surface area contributed by atoms with Crippen molar-refractivity contribution in [1.29, 1.82) is 0 Å². The van der Waals surface area contributed by atoms with Gasteiger partial charge >= 0.3 is 0 Å². The summed E-state index contributed by atoms with van der Waals surface area (Å²) >= 11 is 3.37. The minimum absolute atomic E-state index is 0.00771. The van der Waals surface area contributed by atoms with E-state index in [2.05, 4.69) is 31.3 Å². The maximum atomic E-state index is 12.5. The highest BCUT2D eigenvalue weighted by Crippen LogP contribution is 2.24. The zero-order valence-corrected chi connectivity index (χ0v) is 16.2. The van der Waals surface area contributed by atoms with E-state index < -0.39 is 0 Å². The Labute approximate surface area is 161 Å². The van der Waals surface area contributed by atoms with E-state index in [0.717, 1.165) is 18.4 Å². The molecule has 2 aromatic rings. The number of halogens is 1. The quantitative estimate of drug-likeness (QED) is 0.745. The number of carbonyl (C=O) groups excluding carboxylic acids is 1. The van der Waals surface area contributed by atoms with Crippen LogP contribution in [0.15, 0.2) is 40.0 Å². The fraction of sp³-hybridized carbons (Fsp3) is 0.474. The lowest BCUT2D eigenvalue weighted by molar-refractivity contribution is -0.119. The predicted octanol–water partition coefficient (Wildman–Crippen LogP) is 3.35. The first-order valence-corrected chi connectivity index (χ1v) is 9.85. The van der Waals surface area contributed by atoms with Gasteiger partial charge in [-0.3, -0.25) is 14.6 Å². The second kappa shape index (κ2) is 9.07. The van der Waals surface area contributed by atoms with Gasteiger partial charge in [-0.25, -0.2) is 4.68 Å². The molecule has 0 aromatic carbocycles. The number of nitrogens with zero attached hydrogens (tertiary/aromatic N) is 3. The average molecular weight is 419 g/mol. The summed E-state index contributed by atoms with van der Waals surface area (Å²) in [7, 11) is 0. The Balaban J connectivity index is 1.60. The summed E-state index contributed by atoms with van der Waals surface area (Å²) in [5.74, 6) is -0.0173. The molecule has 3 rings (SSSR count). The van der Waals surface area contributed by atoms with Gasteiger partial charge in [0, 0.05) is 24.9 Å². The van der Waals surface area contributed by atoms with Crippen molar-refractivity contribution in [2.24, 2.45) is 0 Å². The van der Waals surface area contributed by atoms with Crippen molar-refractivity contribution < 1.29 is 4.79 Å². The molecule has 0 aliphatic heterocycles. The molecule has 0 amide bonds. The van der Waals surface area contributed by atoms with E-state index in [0.29, 0.717) is 29.0 Å². The van der Waals surface area contributed by atoms with E-state index in [1.807, 2.05) is 12.1 Å². The molecule has 0 bridgehead atoms. The monoisotopic (exact) mass is 418 g/mol. The number of aromatic nitrogens is 3. The van der Waals surface area contributed by atoms with Crippen LogP contribution < -0.4 is 10.9 Å². The molecular weight excluding hydrogens is 396 g/mol. The molecule has 2 aromatic heterocycles. The van der Waals surface area contributed by atoms with Gasteiger partial charge in [-0.15, -0.1) is 0 Å². The van der Waals surface area contributed by atoms with Crippen molar-refractivity contribution in [2.75, 3.05) is 5.32 Å². The second-order valence-corrected chi connectivity index (χ2v) is 7.50. The number of hydrogen-bond donors (Lipinski definition) is 1. The van der Waals surface area contributed by atoms with Gasteiger partial charge in [-0.1, -0.05) is 19.3 Å². The van der Waals surface area contributed by atoms with Crippen molar-refractivity contribution in [3.05, 3.63) is 51.1 Å². The number of Topliss-reactive ketones (excluding diaryl/α,β-unsaturated/α-hetero) is 1. The average Bonchev–Trinajstić information content (AvgIpc) is 2.68. The van der Waals surface area contributed by atoms with E-state index in [1.165, 1.54) is 23.9 Å². The molecule has 138 valence electrons. The second-order valence-electron chi connectivity index (χ2n) is 6.71. The van der Waals surface area contributed by atoms with Crippen LogP contribution in [0.2, 0.25) is 0 Å². The Kier molecular flexibility index (Phi) is 6.55. The van der Waals surface area contributed by atoms with Gasteiger partial charge < -0.3 is 5.32 Å². The summed E-state index contributed by atoms with van der Waals surface area (Å²) in [5.41, 5.74) is 1.49. The number of nitrogens with one attached hydrogen (secondary N) is 1. The fourth-order valence-corrected chi connectivity index (χ4v) is 3.65. The first kappa shape index (κ1) is 18.8. The summed E-state index contributed by atoms with van der Waals surface area (Å²) in [6.07, 6.45) is 12.0. The maximum Gasteiger partial charge on any atom is 0.283 e. The van der Waals surface area contributed by atoms with Gasteiger partial charge in [0.2, 0.25) is 0 Å². The normalized spacial score (nSPS) is 15.0. The van der Waals surface area contributed by atoms with Crippen molar-refractivity contribution in [3.8, 4) is 0 Å². The Bertz CT molecular complexity index is 801. The number of aryl methyl sites for hydroxylation is 1. The standard InChI is InChI=1S/C19H23BrN4O2/c20-18-17(23-15-4-2-1-3-5-15)12-22-24(19(18)26)13-16(25)7-6-14-8-10-21-11-9-14/h8-12,15,23H,1-7,13H2. The first-order chi connectivity index (χ1) is 12.6. The zero-order valence-electron chi connectivity index (χ0n) is 14.7. The van der Waals surface area contributed by atoms with Gasteiger partial charge in [0.25, 0.3) is 5.56 Å². The molecule has 0 atom stereocenters. The smallest absolute Gasteiger partial charge is 0.283 e. The SMILES string of the molecule is O=C(CCc1ccncc1)Cn1ncc(NC2CCCCC2)c(Br)c1=O. The third kappa shape index (κ3) is 5.00. The van der Waals surface area contributed by atoms with Gasteiger partial charge in [0.15, 0.2) is 5.78 Å². The van der Waals surface area contributed by atoms with Crippen LogP contribution in [-0.2, 0) is 17.8 Å². The van der Waals surface area contributed by atoms with E-state index in [9.17, 15) is 9.59 Å². The number of hydrogen-bond acceptors (Lipinski definition) is 5. The minimum atomic E-state index is -0.275. The van der Waals surface area contributed by atoms with E-state index in [-0.39, 0.29) is 17.9 Å². The molecule has 26 heavy (non-hydrogen) atoms. The molecule has 0 spiro atoms. The van der Waals surface area contributed by atoms with Gasteiger partial charge in [0.05, 0.1) is 11.9 Å². The molecule has 1 aliphatic rings. The molecule has 1 aliphatic carbocycles. The molecule has 1 N–H and O–H groups in total.